The predicted molar refractivity (Wildman–Crippen MR) is 204 cm³/mol. The van der Waals surface area contributed by atoms with Crippen molar-refractivity contribution in [2.75, 3.05) is 37.4 Å². The monoisotopic (exact) mass is 686 g/mol. The van der Waals surface area contributed by atoms with Gasteiger partial charge in [0.1, 0.15) is 0 Å². The minimum absolute atomic E-state index is 0.130. The SMILES string of the molecule is COC1CCC(Nc2nc(NCc3ccccc3-c3nccc4cc(CC(=O)/C=C/CN5CCCCC5)ccc34)n3ncc(C(C)C)c3n2)CC1. The second kappa shape index (κ2) is 16.1. The molecule has 10 heteroatoms. The van der Waals surface area contributed by atoms with Crippen molar-refractivity contribution in [2.45, 2.75) is 89.8 Å². The Morgan fingerprint density at radius 3 is 2.65 bits per heavy atom. The summed E-state index contributed by atoms with van der Waals surface area (Å²) in [5.74, 6) is 1.65. The van der Waals surface area contributed by atoms with Crippen LogP contribution >= 0.6 is 0 Å². The number of nitrogens with zero attached hydrogens (tertiary/aromatic N) is 6. The van der Waals surface area contributed by atoms with E-state index in [0.29, 0.717) is 37.0 Å². The summed E-state index contributed by atoms with van der Waals surface area (Å²) >= 11 is 0. The summed E-state index contributed by atoms with van der Waals surface area (Å²) in [6.45, 7) is 7.95. The van der Waals surface area contributed by atoms with Gasteiger partial charge in [-0.15, -0.1) is 0 Å². The lowest BCUT2D eigenvalue weighted by atomic mass is 9.93. The molecule has 7 rings (SSSR count). The number of hydrogen-bond acceptors (Lipinski definition) is 9. The van der Waals surface area contributed by atoms with Crippen LogP contribution < -0.4 is 10.6 Å². The van der Waals surface area contributed by atoms with Crippen LogP contribution in [0.1, 0.15) is 81.4 Å². The molecule has 51 heavy (non-hydrogen) atoms. The first-order valence-electron chi connectivity index (χ1n) is 18.6. The Balaban J connectivity index is 1.09. The molecular weight excluding hydrogens is 637 g/mol. The highest BCUT2D eigenvalue weighted by Gasteiger charge is 2.23. The van der Waals surface area contributed by atoms with Gasteiger partial charge >= 0.3 is 0 Å². The van der Waals surface area contributed by atoms with E-state index in [4.69, 9.17) is 24.8 Å². The molecule has 266 valence electrons. The maximum absolute atomic E-state index is 12.8. The van der Waals surface area contributed by atoms with Gasteiger partial charge in [-0.3, -0.25) is 14.7 Å². The number of carbonyl (C=O) groups excluding carboxylic acids is 1. The van der Waals surface area contributed by atoms with Crippen LogP contribution in [0.4, 0.5) is 11.9 Å². The van der Waals surface area contributed by atoms with Crippen LogP contribution in [0, 0.1) is 0 Å². The third-order valence-corrected chi connectivity index (χ3v) is 10.4. The lowest BCUT2D eigenvalue weighted by Gasteiger charge is -2.28. The number of anilines is 2. The van der Waals surface area contributed by atoms with E-state index in [9.17, 15) is 4.79 Å². The van der Waals surface area contributed by atoms with E-state index >= 15 is 0 Å². The van der Waals surface area contributed by atoms with E-state index in [1.807, 2.05) is 35.1 Å². The number of allylic oxidation sites excluding steroid dienone is 1. The minimum Gasteiger partial charge on any atom is -0.381 e. The predicted octanol–water partition coefficient (Wildman–Crippen LogP) is 7.60. The summed E-state index contributed by atoms with van der Waals surface area (Å²) in [6, 6.07) is 17.0. The summed E-state index contributed by atoms with van der Waals surface area (Å²) in [4.78, 5) is 30.0. The Morgan fingerprint density at radius 2 is 1.84 bits per heavy atom. The van der Waals surface area contributed by atoms with E-state index in [2.05, 4.69) is 65.8 Å². The van der Waals surface area contributed by atoms with Crippen LogP contribution in [-0.4, -0.2) is 74.1 Å². The smallest absolute Gasteiger partial charge is 0.229 e. The Kier molecular flexibility index (Phi) is 11.0. The Labute approximate surface area is 300 Å². The first-order valence-corrected chi connectivity index (χ1v) is 18.6. The van der Waals surface area contributed by atoms with Crippen molar-refractivity contribution in [1.82, 2.24) is 29.5 Å². The van der Waals surface area contributed by atoms with Crippen LogP contribution in [0.5, 0.6) is 0 Å². The summed E-state index contributed by atoms with van der Waals surface area (Å²) < 4.78 is 7.40. The molecule has 0 amide bonds. The number of ether oxygens (including phenoxy) is 1. The number of likely N-dealkylation sites (tertiary alicyclic amines) is 1. The van der Waals surface area contributed by atoms with Crippen molar-refractivity contribution in [3.8, 4) is 11.3 Å². The van der Waals surface area contributed by atoms with Crippen molar-refractivity contribution >= 4 is 34.1 Å². The third-order valence-electron chi connectivity index (χ3n) is 10.4. The second-order valence-corrected chi connectivity index (χ2v) is 14.3. The lowest BCUT2D eigenvalue weighted by molar-refractivity contribution is -0.114. The van der Waals surface area contributed by atoms with E-state index in [-0.39, 0.29) is 11.7 Å². The summed E-state index contributed by atoms with van der Waals surface area (Å²) in [5.41, 5.74) is 5.94. The number of fused-ring (bicyclic) bond motifs is 2. The molecule has 0 atom stereocenters. The van der Waals surface area contributed by atoms with Crippen molar-refractivity contribution in [3.63, 3.8) is 0 Å². The van der Waals surface area contributed by atoms with Crippen LogP contribution in [0.25, 0.3) is 27.7 Å². The van der Waals surface area contributed by atoms with Gasteiger partial charge in [0.25, 0.3) is 0 Å². The molecular formula is C41H50N8O2. The Hall–Kier alpha value is -4.67. The normalized spacial score (nSPS) is 18.6. The van der Waals surface area contributed by atoms with Crippen LogP contribution in [0.3, 0.4) is 0 Å². The van der Waals surface area contributed by atoms with E-state index in [1.165, 1.54) is 19.3 Å². The lowest BCUT2D eigenvalue weighted by Crippen LogP contribution is -2.30. The van der Waals surface area contributed by atoms with Gasteiger partial charge in [0.15, 0.2) is 11.4 Å². The number of carbonyl (C=O) groups is 1. The molecule has 2 N–H and O–H groups in total. The fourth-order valence-electron chi connectivity index (χ4n) is 7.47. The average molecular weight is 687 g/mol. The summed E-state index contributed by atoms with van der Waals surface area (Å²) in [6.07, 6.45) is 16.2. The summed E-state index contributed by atoms with van der Waals surface area (Å²) in [5, 5.41) is 14.0. The van der Waals surface area contributed by atoms with Crippen molar-refractivity contribution in [1.29, 1.82) is 0 Å². The zero-order valence-electron chi connectivity index (χ0n) is 30.1. The molecule has 10 nitrogen and oxygen atoms in total. The van der Waals surface area contributed by atoms with Crippen LogP contribution in [0.2, 0.25) is 0 Å². The number of aromatic nitrogens is 5. The molecule has 1 aliphatic carbocycles. The molecule has 1 saturated carbocycles. The van der Waals surface area contributed by atoms with E-state index < -0.39 is 0 Å². The number of methoxy groups -OCH3 is 1. The number of pyridine rings is 1. The van der Waals surface area contributed by atoms with Gasteiger partial charge in [-0.2, -0.15) is 19.6 Å². The standard InChI is InChI=1S/C41H50N8O2/c1-28(2)37-27-44-49-39(37)46-40(45-32-14-16-34(51-3)17-15-32)47-41(49)43-26-31-10-5-6-12-35(31)38-36-18-13-29(24-30(36)19-20-42-38)25-33(50)11-9-23-48-21-7-4-8-22-48/h5-6,9-13,18-20,24,27-28,32,34H,4,7-8,14-17,21-23,25-26H2,1-3H3,(H2,43,45,46,47)/b11-9+. The van der Waals surface area contributed by atoms with Crippen molar-refractivity contribution in [3.05, 3.63) is 89.8 Å². The fourth-order valence-corrected chi connectivity index (χ4v) is 7.47. The van der Waals surface area contributed by atoms with Gasteiger partial charge in [-0.25, -0.2) is 0 Å². The number of ketones is 1. The van der Waals surface area contributed by atoms with Gasteiger partial charge in [-0.1, -0.05) is 68.8 Å². The highest BCUT2D eigenvalue weighted by atomic mass is 16.5. The van der Waals surface area contributed by atoms with Gasteiger partial charge in [0.05, 0.1) is 18.0 Å². The van der Waals surface area contributed by atoms with Gasteiger partial charge in [-0.05, 0) is 86.2 Å². The fraction of sp³-hybridized carbons (Fsp3) is 0.439. The van der Waals surface area contributed by atoms with E-state index in [0.717, 1.165) is 89.7 Å². The first-order chi connectivity index (χ1) is 24.9. The maximum atomic E-state index is 12.8. The van der Waals surface area contributed by atoms with Crippen LogP contribution in [-0.2, 0) is 22.5 Å². The highest BCUT2D eigenvalue weighted by molar-refractivity contribution is 5.97. The second-order valence-electron chi connectivity index (χ2n) is 14.3. The molecule has 0 radical (unpaired) electrons. The number of piperidine rings is 1. The molecule has 5 aromatic rings. The zero-order chi connectivity index (χ0) is 35.2. The number of benzene rings is 2. The molecule has 0 unspecified atom stereocenters. The first kappa shape index (κ1) is 34.8. The van der Waals surface area contributed by atoms with Crippen LogP contribution in [0.15, 0.2) is 73.1 Å². The number of nitrogens with one attached hydrogen (secondary N) is 2. The highest BCUT2D eigenvalue weighted by Crippen LogP contribution is 2.31. The molecule has 2 aliphatic rings. The molecule has 1 aliphatic heterocycles. The molecule has 4 heterocycles. The van der Waals surface area contributed by atoms with Gasteiger partial charge in [0, 0.05) is 55.4 Å². The Morgan fingerprint density at radius 1 is 1.02 bits per heavy atom. The molecule has 1 saturated heterocycles. The van der Waals surface area contributed by atoms with E-state index in [1.54, 1.807) is 13.2 Å². The van der Waals surface area contributed by atoms with Crippen molar-refractivity contribution in [2.24, 2.45) is 0 Å². The topological polar surface area (TPSA) is 110 Å². The quantitative estimate of drug-likeness (QED) is 0.121. The number of hydrogen-bond donors (Lipinski definition) is 2. The maximum Gasteiger partial charge on any atom is 0.229 e. The number of rotatable bonds is 13. The molecule has 2 aromatic carbocycles. The molecule has 3 aromatic heterocycles. The van der Waals surface area contributed by atoms with Gasteiger partial charge in [0.2, 0.25) is 11.9 Å². The Bertz CT molecular complexity index is 1990. The largest absolute Gasteiger partial charge is 0.381 e. The summed E-state index contributed by atoms with van der Waals surface area (Å²) in [7, 11) is 1.80. The molecule has 0 bridgehead atoms. The molecule has 0 spiro atoms. The third kappa shape index (κ3) is 8.29. The minimum atomic E-state index is 0.130. The van der Waals surface area contributed by atoms with Crippen molar-refractivity contribution < 1.29 is 9.53 Å². The zero-order valence-corrected chi connectivity index (χ0v) is 30.1. The van der Waals surface area contributed by atoms with Gasteiger partial charge < -0.3 is 15.4 Å². The molecule has 2 fully saturated rings. The average Bonchev–Trinajstić information content (AvgIpc) is 3.59.